The van der Waals surface area contributed by atoms with E-state index in [4.69, 9.17) is 4.74 Å². The number of pyridine rings is 1. The van der Waals surface area contributed by atoms with Gasteiger partial charge in [-0.05, 0) is 41.7 Å². The molecule has 0 aliphatic rings. The van der Waals surface area contributed by atoms with Gasteiger partial charge in [0.25, 0.3) is 0 Å². The summed E-state index contributed by atoms with van der Waals surface area (Å²) in [6, 6.07) is 10.1. The first-order valence-electron chi connectivity index (χ1n) is 7.02. The fourth-order valence-electron chi connectivity index (χ4n) is 2.22. The average molecular weight is 281 g/mol. The van der Waals surface area contributed by atoms with Crippen LogP contribution in [0.1, 0.15) is 31.9 Å². The highest BCUT2D eigenvalue weighted by Crippen LogP contribution is 2.30. The third-order valence-corrected chi connectivity index (χ3v) is 3.52. The van der Waals surface area contributed by atoms with Crippen molar-refractivity contribution in [3.8, 4) is 11.5 Å². The Bertz CT molecular complexity index is 784. The quantitative estimate of drug-likeness (QED) is 0.709. The molecule has 0 atom stereocenters. The Morgan fingerprint density at radius 2 is 1.90 bits per heavy atom. The lowest BCUT2D eigenvalue weighted by atomic mass is 9.86. The van der Waals surface area contributed by atoms with E-state index in [0.717, 1.165) is 22.7 Å². The largest absolute Gasteiger partial charge is 0.455 e. The van der Waals surface area contributed by atoms with E-state index in [1.807, 2.05) is 24.4 Å². The molecule has 4 heteroatoms. The Morgan fingerprint density at radius 1 is 1.10 bits per heavy atom. The van der Waals surface area contributed by atoms with Gasteiger partial charge in [0.2, 0.25) is 0 Å². The molecule has 2 aromatic heterocycles. The second-order valence-electron chi connectivity index (χ2n) is 6.26. The van der Waals surface area contributed by atoms with Crippen LogP contribution in [0.4, 0.5) is 0 Å². The van der Waals surface area contributed by atoms with Gasteiger partial charge in [0.05, 0.1) is 6.20 Å². The van der Waals surface area contributed by atoms with E-state index in [1.54, 1.807) is 4.52 Å². The van der Waals surface area contributed by atoms with Crippen molar-refractivity contribution in [1.29, 1.82) is 0 Å². The van der Waals surface area contributed by atoms with Crippen LogP contribution in [-0.4, -0.2) is 14.6 Å². The molecule has 0 bridgehead atoms. The number of aromatic nitrogens is 3. The van der Waals surface area contributed by atoms with Crippen LogP contribution in [0, 0.1) is 6.92 Å². The Hall–Kier alpha value is -2.36. The minimum atomic E-state index is 0.142. The molecule has 0 N–H and O–H groups in total. The predicted octanol–water partition coefficient (Wildman–Crippen LogP) is 4.13. The SMILES string of the molecule is Cc1cc(C(C)(C)C)ccc1Oc1ccc2ncnn2c1. The molecular weight excluding hydrogens is 262 g/mol. The normalized spacial score (nSPS) is 11.8. The summed E-state index contributed by atoms with van der Waals surface area (Å²) in [4.78, 5) is 4.12. The molecule has 0 unspecified atom stereocenters. The summed E-state index contributed by atoms with van der Waals surface area (Å²) in [5.74, 6) is 1.61. The third-order valence-electron chi connectivity index (χ3n) is 3.52. The maximum atomic E-state index is 5.97. The lowest BCUT2D eigenvalue weighted by molar-refractivity contribution is 0.473. The Balaban J connectivity index is 1.90. The summed E-state index contributed by atoms with van der Waals surface area (Å²) < 4.78 is 7.67. The number of hydrogen-bond donors (Lipinski definition) is 0. The van der Waals surface area contributed by atoms with Gasteiger partial charge in [0.1, 0.15) is 17.8 Å². The highest BCUT2D eigenvalue weighted by Gasteiger charge is 2.15. The molecule has 0 fully saturated rings. The van der Waals surface area contributed by atoms with Crippen molar-refractivity contribution in [3.63, 3.8) is 0 Å². The fourth-order valence-corrected chi connectivity index (χ4v) is 2.22. The molecular formula is C17H19N3O. The van der Waals surface area contributed by atoms with Gasteiger partial charge < -0.3 is 4.74 Å². The maximum absolute atomic E-state index is 5.97. The van der Waals surface area contributed by atoms with Crippen LogP contribution >= 0.6 is 0 Å². The first-order valence-corrected chi connectivity index (χ1v) is 7.02. The summed E-state index contributed by atoms with van der Waals surface area (Å²) in [5, 5.41) is 4.12. The van der Waals surface area contributed by atoms with Crippen LogP contribution in [0.5, 0.6) is 11.5 Å². The molecule has 0 radical (unpaired) electrons. The number of nitrogens with zero attached hydrogens (tertiary/aromatic N) is 3. The van der Waals surface area contributed by atoms with Crippen molar-refractivity contribution in [1.82, 2.24) is 14.6 Å². The summed E-state index contributed by atoms with van der Waals surface area (Å²) in [7, 11) is 0. The third kappa shape index (κ3) is 2.75. The number of ether oxygens (including phenoxy) is 1. The van der Waals surface area contributed by atoms with Crippen LogP contribution in [-0.2, 0) is 5.41 Å². The number of rotatable bonds is 2. The van der Waals surface area contributed by atoms with Gasteiger partial charge >= 0.3 is 0 Å². The molecule has 21 heavy (non-hydrogen) atoms. The van der Waals surface area contributed by atoms with E-state index in [9.17, 15) is 0 Å². The molecule has 0 amide bonds. The van der Waals surface area contributed by atoms with E-state index < -0.39 is 0 Å². The molecule has 0 aliphatic carbocycles. The summed E-state index contributed by atoms with van der Waals surface area (Å²) in [5.41, 5.74) is 3.38. The van der Waals surface area contributed by atoms with Gasteiger partial charge in [-0.2, -0.15) is 5.10 Å². The summed E-state index contributed by atoms with van der Waals surface area (Å²) in [6.07, 6.45) is 3.36. The van der Waals surface area contributed by atoms with Crippen molar-refractivity contribution in [2.75, 3.05) is 0 Å². The zero-order valence-electron chi connectivity index (χ0n) is 12.8. The Kier molecular flexibility index (Phi) is 3.16. The van der Waals surface area contributed by atoms with E-state index >= 15 is 0 Å². The first-order chi connectivity index (χ1) is 9.93. The van der Waals surface area contributed by atoms with Crippen LogP contribution in [0.25, 0.3) is 5.65 Å². The lowest BCUT2D eigenvalue weighted by Crippen LogP contribution is -2.11. The molecule has 0 spiro atoms. The Labute approximate surface area is 124 Å². The number of fused-ring (bicyclic) bond motifs is 1. The first kappa shape index (κ1) is 13.6. The van der Waals surface area contributed by atoms with Crippen molar-refractivity contribution < 1.29 is 4.74 Å². The second kappa shape index (κ2) is 4.88. The van der Waals surface area contributed by atoms with Crippen molar-refractivity contribution in [2.45, 2.75) is 33.1 Å². The molecule has 3 aromatic rings. The van der Waals surface area contributed by atoms with Crippen LogP contribution in [0.3, 0.4) is 0 Å². The van der Waals surface area contributed by atoms with Crippen LogP contribution in [0.15, 0.2) is 42.9 Å². The average Bonchev–Trinajstić information content (AvgIpc) is 2.87. The number of aryl methyl sites for hydroxylation is 1. The van der Waals surface area contributed by atoms with Gasteiger partial charge in [-0.15, -0.1) is 0 Å². The Morgan fingerprint density at radius 3 is 2.62 bits per heavy atom. The number of benzene rings is 1. The zero-order chi connectivity index (χ0) is 15.0. The smallest absolute Gasteiger partial charge is 0.155 e. The topological polar surface area (TPSA) is 39.4 Å². The minimum absolute atomic E-state index is 0.142. The maximum Gasteiger partial charge on any atom is 0.155 e. The van der Waals surface area contributed by atoms with Gasteiger partial charge in [0, 0.05) is 0 Å². The second-order valence-corrected chi connectivity index (χ2v) is 6.26. The van der Waals surface area contributed by atoms with Crippen molar-refractivity contribution >= 4 is 5.65 Å². The lowest BCUT2D eigenvalue weighted by Gasteiger charge is -2.20. The minimum Gasteiger partial charge on any atom is -0.455 e. The van der Waals surface area contributed by atoms with Gasteiger partial charge in [0.15, 0.2) is 5.65 Å². The summed E-state index contributed by atoms with van der Waals surface area (Å²) >= 11 is 0. The van der Waals surface area contributed by atoms with Crippen molar-refractivity contribution in [3.05, 3.63) is 54.0 Å². The van der Waals surface area contributed by atoms with E-state index in [0.29, 0.717) is 0 Å². The monoisotopic (exact) mass is 281 g/mol. The fraction of sp³-hybridized carbons (Fsp3) is 0.294. The van der Waals surface area contributed by atoms with Crippen LogP contribution < -0.4 is 4.74 Å². The molecule has 4 nitrogen and oxygen atoms in total. The molecule has 108 valence electrons. The molecule has 0 saturated carbocycles. The van der Waals surface area contributed by atoms with Gasteiger partial charge in [-0.25, -0.2) is 9.50 Å². The predicted molar refractivity (Wildman–Crippen MR) is 82.9 cm³/mol. The van der Waals surface area contributed by atoms with Gasteiger partial charge in [-0.3, -0.25) is 0 Å². The highest BCUT2D eigenvalue weighted by atomic mass is 16.5. The highest BCUT2D eigenvalue weighted by molar-refractivity contribution is 5.44. The zero-order valence-corrected chi connectivity index (χ0v) is 12.8. The van der Waals surface area contributed by atoms with E-state index in [-0.39, 0.29) is 5.41 Å². The van der Waals surface area contributed by atoms with E-state index in [1.165, 1.54) is 11.9 Å². The molecule has 3 rings (SSSR count). The molecule has 1 aromatic carbocycles. The molecule has 0 saturated heterocycles. The van der Waals surface area contributed by atoms with Crippen molar-refractivity contribution in [2.24, 2.45) is 0 Å². The molecule has 2 heterocycles. The van der Waals surface area contributed by atoms with Gasteiger partial charge in [-0.1, -0.05) is 32.9 Å². The van der Waals surface area contributed by atoms with E-state index in [2.05, 4.69) is 49.9 Å². The molecule has 0 aliphatic heterocycles. The summed E-state index contributed by atoms with van der Waals surface area (Å²) in [6.45, 7) is 8.70. The van der Waals surface area contributed by atoms with Crippen LogP contribution in [0.2, 0.25) is 0 Å². The number of hydrogen-bond acceptors (Lipinski definition) is 3. The standard InChI is InChI=1S/C17H19N3O/c1-12-9-13(17(2,3)4)5-7-15(12)21-14-6-8-16-18-11-19-20(16)10-14/h5-11H,1-4H3.